The number of aromatic nitrogens is 2. The fourth-order valence-corrected chi connectivity index (χ4v) is 2.63. The Labute approximate surface area is 114 Å². The maximum Gasteiger partial charge on any atom is 0.326 e. The quantitative estimate of drug-likeness (QED) is 0.708. The molecule has 1 aliphatic rings. The average molecular weight is 275 g/mol. The van der Waals surface area contributed by atoms with E-state index in [0.29, 0.717) is 22.9 Å². The number of benzene rings is 1. The van der Waals surface area contributed by atoms with Crippen molar-refractivity contribution in [1.82, 2.24) is 9.97 Å². The van der Waals surface area contributed by atoms with Crippen LogP contribution in [0.25, 0.3) is 10.9 Å². The van der Waals surface area contributed by atoms with Gasteiger partial charge in [-0.2, -0.15) is 0 Å². The van der Waals surface area contributed by atoms with Gasteiger partial charge in [0.2, 0.25) is 0 Å². The van der Waals surface area contributed by atoms with Gasteiger partial charge in [-0.15, -0.1) is 0 Å². The molecule has 2 aromatic rings. The molecule has 1 saturated heterocycles. The van der Waals surface area contributed by atoms with Crippen LogP contribution in [-0.2, 0) is 4.74 Å². The van der Waals surface area contributed by atoms with Crippen LogP contribution in [0.2, 0.25) is 0 Å². The molecule has 0 aliphatic carbocycles. The van der Waals surface area contributed by atoms with Gasteiger partial charge in [-0.25, -0.2) is 4.79 Å². The van der Waals surface area contributed by atoms with Gasteiger partial charge in [0, 0.05) is 12.0 Å². The Kier molecular flexibility index (Phi) is 2.99. The van der Waals surface area contributed by atoms with Gasteiger partial charge >= 0.3 is 5.69 Å². The fraction of sp³-hybridized carbons (Fsp3) is 0.357. The first-order valence-corrected chi connectivity index (χ1v) is 6.39. The number of fused-ring (bicyclic) bond motifs is 1. The summed E-state index contributed by atoms with van der Waals surface area (Å²) in [6, 6.07) is 3.56. The number of aliphatic hydroxyl groups excluding tert-OH is 1. The standard InChI is InChI=1S/C14H15N2O4/c1-6-3-8(11-5-10(17)7(2)20-11)12-9(4-6)13(18)16-14(19)15-12/h3-4,7,10-11,17H,2,5H2,1H3,(H2,15,16,18,19)/t7-,10-,11-/m1/s1. The lowest BCUT2D eigenvalue weighted by Gasteiger charge is -2.14. The average Bonchev–Trinajstić information content (AvgIpc) is 2.70. The van der Waals surface area contributed by atoms with Crippen molar-refractivity contribution in [1.29, 1.82) is 0 Å². The van der Waals surface area contributed by atoms with E-state index in [1.54, 1.807) is 6.07 Å². The number of rotatable bonds is 1. The molecule has 1 aromatic carbocycles. The molecular formula is C14H15N2O4. The van der Waals surface area contributed by atoms with Crippen molar-refractivity contribution in [3.05, 3.63) is 51.0 Å². The van der Waals surface area contributed by atoms with Crippen LogP contribution in [0.3, 0.4) is 0 Å². The Morgan fingerprint density at radius 2 is 2.10 bits per heavy atom. The van der Waals surface area contributed by atoms with Crippen LogP contribution in [0.5, 0.6) is 0 Å². The van der Waals surface area contributed by atoms with Crippen molar-refractivity contribution in [2.75, 3.05) is 0 Å². The lowest BCUT2D eigenvalue weighted by molar-refractivity contribution is 0.0382. The van der Waals surface area contributed by atoms with E-state index in [0.717, 1.165) is 5.56 Å². The molecule has 2 heterocycles. The second kappa shape index (κ2) is 4.57. The highest BCUT2D eigenvalue weighted by molar-refractivity contribution is 5.82. The molecule has 3 atom stereocenters. The summed E-state index contributed by atoms with van der Waals surface area (Å²) in [4.78, 5) is 28.2. The Morgan fingerprint density at radius 3 is 2.75 bits per heavy atom. The van der Waals surface area contributed by atoms with E-state index >= 15 is 0 Å². The summed E-state index contributed by atoms with van der Waals surface area (Å²) < 4.78 is 5.61. The highest BCUT2D eigenvalue weighted by Gasteiger charge is 2.33. The first-order valence-electron chi connectivity index (χ1n) is 6.39. The molecule has 0 saturated carbocycles. The van der Waals surface area contributed by atoms with Crippen LogP contribution >= 0.6 is 0 Å². The normalized spacial score (nSPS) is 26.2. The first-order chi connectivity index (χ1) is 9.45. The van der Waals surface area contributed by atoms with Crippen molar-refractivity contribution in [3.8, 4) is 0 Å². The summed E-state index contributed by atoms with van der Waals surface area (Å²) in [5.41, 5.74) is 1.05. The smallest absolute Gasteiger partial charge is 0.326 e. The van der Waals surface area contributed by atoms with E-state index < -0.39 is 23.5 Å². The summed E-state index contributed by atoms with van der Waals surface area (Å²) >= 11 is 0. The van der Waals surface area contributed by atoms with Crippen LogP contribution in [0.15, 0.2) is 21.7 Å². The highest BCUT2D eigenvalue weighted by Crippen LogP contribution is 2.35. The molecule has 1 aromatic heterocycles. The van der Waals surface area contributed by atoms with Gasteiger partial charge in [0.15, 0.2) is 0 Å². The molecule has 6 heteroatoms. The van der Waals surface area contributed by atoms with Crippen molar-refractivity contribution in [2.45, 2.75) is 31.7 Å². The van der Waals surface area contributed by atoms with E-state index in [1.165, 1.54) is 0 Å². The van der Waals surface area contributed by atoms with Gasteiger partial charge < -0.3 is 14.8 Å². The number of aliphatic hydroxyl groups is 1. The van der Waals surface area contributed by atoms with Crippen molar-refractivity contribution < 1.29 is 9.84 Å². The SMILES string of the molecule is [CH2][C@H]1O[C@@H](c2cc(C)cc3c(=O)[nH]c(=O)[nH]c23)C[C@H]1O. The van der Waals surface area contributed by atoms with Crippen molar-refractivity contribution in [2.24, 2.45) is 0 Å². The summed E-state index contributed by atoms with van der Waals surface area (Å²) in [5.74, 6) is 0. The number of hydrogen-bond donors (Lipinski definition) is 3. The van der Waals surface area contributed by atoms with Crippen LogP contribution < -0.4 is 11.2 Å². The molecule has 20 heavy (non-hydrogen) atoms. The van der Waals surface area contributed by atoms with Gasteiger partial charge in [-0.1, -0.05) is 6.07 Å². The molecule has 1 aliphatic heterocycles. The Balaban J connectivity index is 2.25. The molecule has 105 valence electrons. The second-order valence-corrected chi connectivity index (χ2v) is 5.15. The van der Waals surface area contributed by atoms with E-state index in [1.807, 2.05) is 13.0 Å². The monoisotopic (exact) mass is 275 g/mol. The minimum Gasteiger partial charge on any atom is -0.390 e. The van der Waals surface area contributed by atoms with Gasteiger partial charge in [-0.05, 0) is 25.5 Å². The molecular weight excluding hydrogens is 260 g/mol. The number of aryl methyl sites for hydroxylation is 1. The summed E-state index contributed by atoms with van der Waals surface area (Å²) in [5, 5.41) is 10.2. The number of hydrogen-bond acceptors (Lipinski definition) is 4. The van der Waals surface area contributed by atoms with E-state index in [9.17, 15) is 14.7 Å². The Morgan fingerprint density at radius 1 is 1.35 bits per heavy atom. The minimum absolute atomic E-state index is 0.382. The van der Waals surface area contributed by atoms with Crippen LogP contribution in [0.4, 0.5) is 0 Å². The molecule has 6 nitrogen and oxygen atoms in total. The van der Waals surface area contributed by atoms with E-state index in [-0.39, 0.29) is 6.10 Å². The predicted octanol–water partition coefficient (Wildman–Crippen LogP) is 0.550. The van der Waals surface area contributed by atoms with Crippen LogP contribution in [0, 0.1) is 13.8 Å². The lowest BCUT2D eigenvalue weighted by Crippen LogP contribution is -2.23. The van der Waals surface area contributed by atoms with Gasteiger partial charge in [0.05, 0.1) is 29.2 Å². The zero-order valence-electron chi connectivity index (χ0n) is 11.0. The van der Waals surface area contributed by atoms with Crippen LogP contribution in [-0.4, -0.2) is 27.3 Å². The summed E-state index contributed by atoms with van der Waals surface area (Å²) in [6.45, 7) is 5.58. The zero-order chi connectivity index (χ0) is 14.4. The van der Waals surface area contributed by atoms with Crippen molar-refractivity contribution >= 4 is 10.9 Å². The van der Waals surface area contributed by atoms with Crippen LogP contribution in [0.1, 0.15) is 23.7 Å². The molecule has 0 bridgehead atoms. The summed E-state index contributed by atoms with van der Waals surface area (Å²) in [6.07, 6.45) is -1.15. The third kappa shape index (κ3) is 2.07. The Bertz CT molecular complexity index is 767. The van der Waals surface area contributed by atoms with E-state index in [4.69, 9.17) is 4.74 Å². The Hall–Kier alpha value is -1.92. The third-order valence-electron chi connectivity index (χ3n) is 3.59. The third-order valence-corrected chi connectivity index (χ3v) is 3.59. The zero-order valence-corrected chi connectivity index (χ0v) is 11.0. The topological polar surface area (TPSA) is 95.2 Å². The number of H-pyrrole nitrogens is 2. The highest BCUT2D eigenvalue weighted by atomic mass is 16.5. The lowest BCUT2D eigenvalue weighted by atomic mass is 9.99. The molecule has 3 N–H and O–H groups in total. The van der Waals surface area contributed by atoms with Crippen molar-refractivity contribution in [3.63, 3.8) is 0 Å². The number of nitrogens with one attached hydrogen (secondary N) is 2. The minimum atomic E-state index is -0.649. The van der Waals surface area contributed by atoms with E-state index in [2.05, 4.69) is 16.9 Å². The molecule has 3 rings (SSSR count). The number of ether oxygens (including phenoxy) is 1. The largest absolute Gasteiger partial charge is 0.390 e. The second-order valence-electron chi connectivity index (χ2n) is 5.15. The predicted molar refractivity (Wildman–Crippen MR) is 73.5 cm³/mol. The molecule has 0 spiro atoms. The molecule has 0 amide bonds. The first kappa shape index (κ1) is 13.1. The molecule has 0 unspecified atom stereocenters. The van der Waals surface area contributed by atoms with Gasteiger partial charge in [0.25, 0.3) is 5.56 Å². The van der Waals surface area contributed by atoms with Gasteiger partial charge in [-0.3, -0.25) is 9.78 Å². The molecule has 1 radical (unpaired) electrons. The molecule has 1 fully saturated rings. The fourth-order valence-electron chi connectivity index (χ4n) is 2.63. The van der Waals surface area contributed by atoms with Gasteiger partial charge in [0.1, 0.15) is 0 Å². The number of aromatic amines is 2. The maximum absolute atomic E-state index is 11.9. The summed E-state index contributed by atoms with van der Waals surface area (Å²) in [7, 11) is 0. The maximum atomic E-state index is 11.9.